The Bertz CT molecular complexity index is 1200. The normalized spacial score (nSPS) is 16.2. The number of aromatic nitrogens is 4. The summed E-state index contributed by atoms with van der Waals surface area (Å²) < 4.78 is 18.4. The molecule has 4 heterocycles. The van der Waals surface area contributed by atoms with E-state index in [2.05, 4.69) is 32.1 Å². The molecule has 10 heteroatoms. The number of pyridine rings is 2. The van der Waals surface area contributed by atoms with Crippen LogP contribution in [0.25, 0.3) is 22.3 Å². The lowest BCUT2D eigenvalue weighted by molar-refractivity contribution is 0.00715. The minimum Gasteiger partial charge on any atom is -0.481 e. The van der Waals surface area contributed by atoms with Gasteiger partial charge < -0.3 is 19.5 Å². The van der Waals surface area contributed by atoms with E-state index in [9.17, 15) is 4.79 Å². The van der Waals surface area contributed by atoms with Gasteiger partial charge in [0.15, 0.2) is 11.5 Å². The summed E-state index contributed by atoms with van der Waals surface area (Å²) in [7, 11) is 1.58. The van der Waals surface area contributed by atoms with Gasteiger partial charge in [0.2, 0.25) is 5.88 Å². The molecule has 200 valence electrons. The van der Waals surface area contributed by atoms with Crippen LogP contribution in [-0.4, -0.2) is 83.6 Å². The van der Waals surface area contributed by atoms with Crippen molar-refractivity contribution in [1.82, 2.24) is 24.4 Å². The van der Waals surface area contributed by atoms with Crippen LogP contribution < -0.4 is 15.6 Å². The zero-order chi connectivity index (χ0) is 26.0. The largest absolute Gasteiger partial charge is 0.481 e. The van der Waals surface area contributed by atoms with Gasteiger partial charge in [0, 0.05) is 69.0 Å². The lowest BCUT2D eigenvalue weighted by Gasteiger charge is -2.32. The number of methoxy groups -OCH3 is 1. The van der Waals surface area contributed by atoms with Crippen molar-refractivity contribution in [1.29, 1.82) is 0 Å². The van der Waals surface area contributed by atoms with Crippen molar-refractivity contribution in [3.8, 4) is 17.0 Å². The summed E-state index contributed by atoms with van der Waals surface area (Å²) in [5.74, 6) is 0.852. The standard InChI is InChI=1S/C27H38N6O4/c1-4-14-36-15-13-33-23-16-21(20-8-9-24(35-3)29-17-20)18-30-25(23)31-26(27(33)34)28-10-12-32-11-6-7-22(19-32)37-5-2/h8-9,16-18,22H,4-7,10-15,19H2,1-3H3,(H,28,30,31)/t22-/m1/s1. The first kappa shape index (κ1) is 27.0. The average molecular weight is 511 g/mol. The Morgan fingerprint density at radius 3 is 2.73 bits per heavy atom. The van der Waals surface area contributed by atoms with Gasteiger partial charge in [-0.2, -0.15) is 0 Å². The van der Waals surface area contributed by atoms with E-state index in [4.69, 9.17) is 14.2 Å². The van der Waals surface area contributed by atoms with Crippen molar-refractivity contribution in [3.05, 3.63) is 40.9 Å². The number of likely N-dealkylation sites (tertiary alicyclic amines) is 1. The maximum atomic E-state index is 13.5. The molecule has 3 aromatic heterocycles. The molecule has 0 aromatic carbocycles. The molecule has 1 saturated heterocycles. The summed E-state index contributed by atoms with van der Waals surface area (Å²) >= 11 is 0. The Hall–Kier alpha value is -3.08. The maximum absolute atomic E-state index is 13.5. The van der Waals surface area contributed by atoms with Crippen LogP contribution >= 0.6 is 0 Å². The van der Waals surface area contributed by atoms with Crippen LogP contribution in [0.4, 0.5) is 5.82 Å². The van der Waals surface area contributed by atoms with Crippen LogP contribution in [-0.2, 0) is 16.0 Å². The zero-order valence-electron chi connectivity index (χ0n) is 22.1. The van der Waals surface area contributed by atoms with Crippen molar-refractivity contribution >= 4 is 17.0 Å². The molecular formula is C27H38N6O4. The van der Waals surface area contributed by atoms with E-state index in [1.165, 1.54) is 0 Å². The molecule has 0 saturated carbocycles. The molecule has 1 fully saturated rings. The van der Waals surface area contributed by atoms with Crippen LogP contribution in [0.15, 0.2) is 35.4 Å². The number of ether oxygens (including phenoxy) is 3. The van der Waals surface area contributed by atoms with Crippen LogP contribution in [0.5, 0.6) is 5.88 Å². The van der Waals surface area contributed by atoms with E-state index in [0.717, 1.165) is 56.6 Å². The minimum absolute atomic E-state index is 0.176. The smallest absolute Gasteiger partial charge is 0.293 e. The highest BCUT2D eigenvalue weighted by Crippen LogP contribution is 2.23. The molecule has 1 atom stereocenters. The van der Waals surface area contributed by atoms with Gasteiger partial charge in [0.1, 0.15) is 0 Å². The van der Waals surface area contributed by atoms with Gasteiger partial charge in [-0.15, -0.1) is 0 Å². The Kier molecular flexibility index (Phi) is 9.81. The van der Waals surface area contributed by atoms with Gasteiger partial charge in [0.25, 0.3) is 5.56 Å². The Morgan fingerprint density at radius 1 is 1.11 bits per heavy atom. The highest BCUT2D eigenvalue weighted by atomic mass is 16.5. The third-order valence-electron chi connectivity index (χ3n) is 6.48. The fourth-order valence-corrected chi connectivity index (χ4v) is 4.61. The van der Waals surface area contributed by atoms with Crippen LogP contribution in [0.2, 0.25) is 0 Å². The molecule has 3 aromatic rings. The SMILES string of the molecule is CCCOCCn1c(=O)c(NCCN2CCC[C@@H](OCC)C2)nc2ncc(-c3ccc(OC)nc3)cc21. The van der Waals surface area contributed by atoms with E-state index in [1.54, 1.807) is 30.1 Å². The van der Waals surface area contributed by atoms with Gasteiger partial charge in [-0.05, 0) is 44.9 Å². The number of nitrogens with one attached hydrogen (secondary N) is 1. The summed E-state index contributed by atoms with van der Waals surface area (Å²) in [5, 5.41) is 3.27. The maximum Gasteiger partial charge on any atom is 0.293 e. The number of rotatable bonds is 13. The monoisotopic (exact) mass is 510 g/mol. The van der Waals surface area contributed by atoms with E-state index in [0.29, 0.717) is 49.2 Å². The van der Waals surface area contributed by atoms with Gasteiger partial charge in [-0.1, -0.05) is 6.92 Å². The minimum atomic E-state index is -0.176. The molecule has 1 N–H and O–H groups in total. The highest BCUT2D eigenvalue weighted by molar-refractivity contribution is 5.78. The molecule has 1 aliphatic rings. The third kappa shape index (κ3) is 7.03. The predicted octanol–water partition coefficient (Wildman–Crippen LogP) is 3.20. The first-order valence-corrected chi connectivity index (χ1v) is 13.2. The molecular weight excluding hydrogens is 472 g/mol. The molecule has 0 amide bonds. The molecule has 0 unspecified atom stereocenters. The number of piperidine rings is 1. The number of hydrogen-bond donors (Lipinski definition) is 1. The first-order valence-electron chi connectivity index (χ1n) is 13.2. The second-order valence-electron chi connectivity index (χ2n) is 9.13. The lowest BCUT2D eigenvalue weighted by Crippen LogP contribution is -2.42. The number of fused-ring (bicyclic) bond motifs is 1. The molecule has 10 nitrogen and oxygen atoms in total. The van der Waals surface area contributed by atoms with Gasteiger partial charge >= 0.3 is 0 Å². The van der Waals surface area contributed by atoms with Crippen LogP contribution in [0.1, 0.15) is 33.1 Å². The highest BCUT2D eigenvalue weighted by Gasteiger charge is 2.20. The Morgan fingerprint density at radius 2 is 1.97 bits per heavy atom. The second-order valence-corrected chi connectivity index (χ2v) is 9.13. The molecule has 0 radical (unpaired) electrons. The summed E-state index contributed by atoms with van der Waals surface area (Å²) in [6, 6.07) is 5.66. The number of hydrogen-bond acceptors (Lipinski definition) is 9. The van der Waals surface area contributed by atoms with Crippen molar-refractivity contribution in [2.24, 2.45) is 0 Å². The summed E-state index contributed by atoms with van der Waals surface area (Å²) in [4.78, 5) is 29.3. The molecule has 1 aliphatic heterocycles. The van der Waals surface area contributed by atoms with Gasteiger partial charge in [0.05, 0.1) is 25.3 Å². The van der Waals surface area contributed by atoms with Gasteiger partial charge in [-0.3, -0.25) is 14.3 Å². The predicted molar refractivity (Wildman–Crippen MR) is 144 cm³/mol. The van der Waals surface area contributed by atoms with Crippen molar-refractivity contribution in [3.63, 3.8) is 0 Å². The van der Waals surface area contributed by atoms with Crippen molar-refractivity contribution in [2.45, 2.75) is 45.8 Å². The van der Waals surface area contributed by atoms with Crippen molar-refractivity contribution in [2.75, 3.05) is 58.4 Å². The number of nitrogens with zero attached hydrogens (tertiary/aromatic N) is 5. The fourth-order valence-electron chi connectivity index (χ4n) is 4.61. The Labute approximate surface area is 218 Å². The summed E-state index contributed by atoms with van der Waals surface area (Å²) in [5.41, 5.74) is 2.73. The van der Waals surface area contributed by atoms with Gasteiger partial charge in [-0.25, -0.2) is 15.0 Å². The van der Waals surface area contributed by atoms with Crippen LogP contribution in [0, 0.1) is 0 Å². The fraction of sp³-hybridized carbons (Fsp3) is 0.556. The molecule has 0 aliphatic carbocycles. The first-order chi connectivity index (χ1) is 18.1. The van der Waals surface area contributed by atoms with E-state index in [1.807, 2.05) is 19.1 Å². The van der Waals surface area contributed by atoms with Crippen LogP contribution in [0.3, 0.4) is 0 Å². The molecule has 0 bridgehead atoms. The lowest BCUT2D eigenvalue weighted by atomic mass is 10.1. The molecule has 37 heavy (non-hydrogen) atoms. The average Bonchev–Trinajstić information content (AvgIpc) is 2.93. The summed E-state index contributed by atoms with van der Waals surface area (Å²) in [6.07, 6.45) is 6.93. The zero-order valence-corrected chi connectivity index (χ0v) is 22.1. The van der Waals surface area contributed by atoms with E-state index >= 15 is 0 Å². The quantitative estimate of drug-likeness (QED) is 0.347. The topological polar surface area (TPSA) is 104 Å². The Balaban J connectivity index is 1.55. The summed E-state index contributed by atoms with van der Waals surface area (Å²) in [6.45, 7) is 9.75. The number of anilines is 1. The van der Waals surface area contributed by atoms with Crippen molar-refractivity contribution < 1.29 is 14.2 Å². The molecule has 4 rings (SSSR count). The third-order valence-corrected chi connectivity index (χ3v) is 6.48. The van der Waals surface area contributed by atoms with E-state index in [-0.39, 0.29) is 11.7 Å². The van der Waals surface area contributed by atoms with E-state index < -0.39 is 0 Å². The second kappa shape index (κ2) is 13.5. The molecule has 0 spiro atoms.